The minimum Gasteiger partial charge on any atom is -0.393 e. The summed E-state index contributed by atoms with van der Waals surface area (Å²) in [6.07, 6.45) is 4.09. The lowest BCUT2D eigenvalue weighted by Crippen LogP contribution is -2.03. The standard InChI is InChI=1S/C7H16O.Al.3H/c1-3-5-7(8)6-4-2;;;;/h7-8H,3-6H2,1-2H3;;;;. The Morgan fingerprint density at radius 2 is 1.44 bits per heavy atom. The molecule has 0 saturated heterocycles. The number of hydrogen-bond acceptors (Lipinski definition) is 1. The van der Waals surface area contributed by atoms with Gasteiger partial charge in [-0.2, -0.15) is 0 Å². The average molecular weight is 146 g/mol. The van der Waals surface area contributed by atoms with Crippen LogP contribution in [-0.2, 0) is 0 Å². The summed E-state index contributed by atoms with van der Waals surface area (Å²) < 4.78 is 0. The summed E-state index contributed by atoms with van der Waals surface area (Å²) in [5, 5.41) is 9.05. The van der Waals surface area contributed by atoms with E-state index >= 15 is 0 Å². The van der Waals surface area contributed by atoms with Crippen molar-refractivity contribution >= 4 is 17.4 Å². The maximum Gasteiger partial charge on any atom is 0.187 e. The highest BCUT2D eigenvalue weighted by Crippen LogP contribution is 2.02. The largest absolute Gasteiger partial charge is 0.393 e. The molecule has 9 heavy (non-hydrogen) atoms. The van der Waals surface area contributed by atoms with Gasteiger partial charge >= 0.3 is 0 Å². The molecule has 1 nitrogen and oxygen atoms in total. The van der Waals surface area contributed by atoms with Crippen molar-refractivity contribution < 1.29 is 5.11 Å². The highest BCUT2D eigenvalue weighted by molar-refractivity contribution is 5.75. The van der Waals surface area contributed by atoms with Crippen molar-refractivity contribution in [1.29, 1.82) is 0 Å². The lowest BCUT2D eigenvalue weighted by atomic mass is 10.1. The summed E-state index contributed by atoms with van der Waals surface area (Å²) in [6.45, 7) is 4.19. The molecule has 56 valence electrons. The molecule has 0 aliphatic rings. The lowest BCUT2D eigenvalue weighted by molar-refractivity contribution is 0.153. The Kier molecular flexibility index (Phi) is 11.5. The second-order valence-corrected chi connectivity index (χ2v) is 2.23. The van der Waals surface area contributed by atoms with Gasteiger partial charge in [-0.05, 0) is 12.8 Å². The van der Waals surface area contributed by atoms with Gasteiger partial charge in [-0.15, -0.1) is 0 Å². The first kappa shape index (κ1) is 12.2. The van der Waals surface area contributed by atoms with E-state index < -0.39 is 0 Å². The fraction of sp³-hybridized carbons (Fsp3) is 1.00. The van der Waals surface area contributed by atoms with Crippen LogP contribution in [0.5, 0.6) is 0 Å². The van der Waals surface area contributed by atoms with E-state index in [0.717, 1.165) is 25.7 Å². The van der Waals surface area contributed by atoms with Crippen molar-refractivity contribution in [2.24, 2.45) is 0 Å². The highest BCUT2D eigenvalue weighted by Gasteiger charge is 1.97. The third-order valence-electron chi connectivity index (χ3n) is 1.24. The van der Waals surface area contributed by atoms with E-state index in [-0.39, 0.29) is 23.5 Å². The molecule has 0 fully saturated rings. The summed E-state index contributed by atoms with van der Waals surface area (Å²) >= 11 is 0. The molecular weight excluding hydrogens is 127 g/mol. The summed E-state index contributed by atoms with van der Waals surface area (Å²) in [5.41, 5.74) is 0. The van der Waals surface area contributed by atoms with E-state index in [4.69, 9.17) is 5.11 Å². The molecule has 0 aromatic rings. The zero-order valence-electron chi connectivity index (χ0n) is 5.85. The molecule has 0 atom stereocenters. The van der Waals surface area contributed by atoms with E-state index in [1.807, 2.05) is 0 Å². The van der Waals surface area contributed by atoms with Crippen molar-refractivity contribution in [3.63, 3.8) is 0 Å². The van der Waals surface area contributed by atoms with Crippen LogP contribution in [0.2, 0.25) is 0 Å². The third kappa shape index (κ3) is 8.49. The van der Waals surface area contributed by atoms with Crippen LogP contribution in [0.3, 0.4) is 0 Å². The second kappa shape index (κ2) is 8.49. The highest BCUT2D eigenvalue weighted by atomic mass is 27.0. The molecule has 2 heteroatoms. The SMILES string of the molecule is CCCC(O)CCC.[AlH3]. The van der Waals surface area contributed by atoms with Crippen LogP contribution < -0.4 is 0 Å². The van der Waals surface area contributed by atoms with Crippen molar-refractivity contribution in [2.75, 3.05) is 0 Å². The van der Waals surface area contributed by atoms with Gasteiger partial charge in [0.2, 0.25) is 0 Å². The van der Waals surface area contributed by atoms with Gasteiger partial charge in [0.05, 0.1) is 6.10 Å². The summed E-state index contributed by atoms with van der Waals surface area (Å²) in [5.74, 6) is 0. The van der Waals surface area contributed by atoms with Crippen LogP contribution in [0.1, 0.15) is 39.5 Å². The number of aliphatic hydroxyl groups excluding tert-OH is 1. The Morgan fingerprint density at radius 3 is 1.67 bits per heavy atom. The number of hydrogen-bond donors (Lipinski definition) is 1. The molecule has 0 bridgehead atoms. The van der Waals surface area contributed by atoms with Crippen LogP contribution in [-0.4, -0.2) is 28.6 Å². The zero-order chi connectivity index (χ0) is 6.41. The van der Waals surface area contributed by atoms with E-state index in [0.29, 0.717) is 0 Å². The molecule has 0 rings (SSSR count). The monoisotopic (exact) mass is 146 g/mol. The Hall–Kier alpha value is 0.492. The van der Waals surface area contributed by atoms with Crippen LogP contribution in [0.25, 0.3) is 0 Å². The maximum absolute atomic E-state index is 9.05. The fourth-order valence-electron chi connectivity index (χ4n) is 0.811. The molecule has 1 N–H and O–H groups in total. The first-order chi connectivity index (χ1) is 3.81. The van der Waals surface area contributed by atoms with Gasteiger partial charge in [-0.25, -0.2) is 0 Å². The minimum atomic E-state index is -0.0370. The van der Waals surface area contributed by atoms with Gasteiger partial charge in [-0.3, -0.25) is 0 Å². The van der Waals surface area contributed by atoms with Crippen LogP contribution in [0.4, 0.5) is 0 Å². The van der Waals surface area contributed by atoms with E-state index in [2.05, 4.69) is 13.8 Å². The summed E-state index contributed by atoms with van der Waals surface area (Å²) in [4.78, 5) is 0. The van der Waals surface area contributed by atoms with E-state index in [1.165, 1.54) is 0 Å². The summed E-state index contributed by atoms with van der Waals surface area (Å²) in [6, 6.07) is 0. The van der Waals surface area contributed by atoms with Gasteiger partial charge in [0, 0.05) is 0 Å². The molecule has 0 unspecified atom stereocenters. The average Bonchev–Trinajstić information content (AvgIpc) is 1.68. The molecule has 0 spiro atoms. The maximum atomic E-state index is 9.05. The number of aliphatic hydroxyl groups is 1. The van der Waals surface area contributed by atoms with E-state index in [9.17, 15) is 0 Å². The molecule has 0 saturated carbocycles. The smallest absolute Gasteiger partial charge is 0.187 e. The van der Waals surface area contributed by atoms with Crippen molar-refractivity contribution in [2.45, 2.75) is 45.6 Å². The molecule has 0 aliphatic heterocycles. The van der Waals surface area contributed by atoms with Crippen molar-refractivity contribution in [3.8, 4) is 0 Å². The summed E-state index contributed by atoms with van der Waals surface area (Å²) in [7, 11) is 0. The van der Waals surface area contributed by atoms with Gasteiger partial charge < -0.3 is 5.11 Å². The van der Waals surface area contributed by atoms with Gasteiger partial charge in [0.1, 0.15) is 0 Å². The molecule has 0 aromatic heterocycles. The molecule has 0 radical (unpaired) electrons. The van der Waals surface area contributed by atoms with Crippen molar-refractivity contribution in [1.82, 2.24) is 0 Å². The first-order valence-electron chi connectivity index (χ1n) is 3.49. The molecule has 0 aromatic carbocycles. The topological polar surface area (TPSA) is 20.2 Å². The van der Waals surface area contributed by atoms with Crippen LogP contribution >= 0.6 is 0 Å². The predicted octanol–water partition coefficient (Wildman–Crippen LogP) is 0.764. The van der Waals surface area contributed by atoms with E-state index in [1.54, 1.807) is 0 Å². The molecule has 0 heterocycles. The Balaban J connectivity index is 0. The van der Waals surface area contributed by atoms with Crippen LogP contribution in [0, 0.1) is 0 Å². The Morgan fingerprint density at radius 1 is 1.11 bits per heavy atom. The quantitative estimate of drug-likeness (QED) is 0.581. The molecular formula is C7H19AlO. The van der Waals surface area contributed by atoms with Gasteiger partial charge in [-0.1, -0.05) is 26.7 Å². The minimum absolute atomic E-state index is 0. The molecule has 0 amide bonds. The Bertz CT molecular complexity index is 42.2. The normalized spacial score (nSPS) is 9.33. The first-order valence-corrected chi connectivity index (χ1v) is 3.49. The van der Waals surface area contributed by atoms with Gasteiger partial charge in [0.25, 0.3) is 0 Å². The number of rotatable bonds is 4. The molecule has 0 aliphatic carbocycles. The second-order valence-electron chi connectivity index (χ2n) is 2.23. The zero-order valence-corrected chi connectivity index (χ0v) is 5.85. The Labute approximate surface area is 68.6 Å². The predicted molar refractivity (Wildman–Crippen MR) is 45.8 cm³/mol. The van der Waals surface area contributed by atoms with Crippen LogP contribution in [0.15, 0.2) is 0 Å². The van der Waals surface area contributed by atoms with Gasteiger partial charge in [0.15, 0.2) is 17.4 Å². The van der Waals surface area contributed by atoms with Crippen molar-refractivity contribution in [3.05, 3.63) is 0 Å². The third-order valence-corrected chi connectivity index (χ3v) is 1.24. The lowest BCUT2D eigenvalue weighted by Gasteiger charge is -2.04. The fourth-order valence-corrected chi connectivity index (χ4v) is 0.811.